The fourth-order valence-corrected chi connectivity index (χ4v) is 3.12. The van der Waals surface area contributed by atoms with Gasteiger partial charge in [0.25, 0.3) is 0 Å². The maximum Gasteiger partial charge on any atom is 0.229 e. The van der Waals surface area contributed by atoms with Crippen LogP contribution in [0.2, 0.25) is 0 Å². The Labute approximate surface area is 145 Å². The number of amides is 1. The molecule has 3 nitrogen and oxygen atoms in total. The minimum atomic E-state index is -0.00481. The Morgan fingerprint density at radius 1 is 1.04 bits per heavy atom. The Bertz CT molecular complexity index is 794. The smallest absolute Gasteiger partial charge is 0.229 e. The Balaban J connectivity index is 1.51. The summed E-state index contributed by atoms with van der Waals surface area (Å²) in [5.41, 5.74) is 3.26. The molecule has 122 valence electrons. The molecule has 0 radical (unpaired) electrons. The van der Waals surface area contributed by atoms with E-state index in [0.29, 0.717) is 13.0 Å². The van der Waals surface area contributed by atoms with E-state index in [4.69, 9.17) is 4.74 Å². The zero-order valence-corrected chi connectivity index (χ0v) is 14.3. The van der Waals surface area contributed by atoms with Crippen LogP contribution >= 0.6 is 11.3 Å². The lowest BCUT2D eigenvalue weighted by Gasteiger charge is -2.07. The predicted molar refractivity (Wildman–Crippen MR) is 98.6 cm³/mol. The molecule has 0 spiro atoms. The van der Waals surface area contributed by atoms with Crippen LogP contribution < -0.4 is 10.1 Å². The molecule has 3 rings (SSSR count). The Morgan fingerprint density at radius 2 is 1.79 bits per heavy atom. The number of anilines is 1. The van der Waals surface area contributed by atoms with E-state index in [1.165, 1.54) is 0 Å². The maximum absolute atomic E-state index is 12.1. The lowest BCUT2D eigenvalue weighted by molar-refractivity contribution is -0.115. The van der Waals surface area contributed by atoms with E-state index in [1.54, 1.807) is 11.3 Å². The highest BCUT2D eigenvalue weighted by molar-refractivity contribution is 7.14. The number of aryl methyl sites for hydroxylation is 1. The van der Waals surface area contributed by atoms with Gasteiger partial charge in [-0.05, 0) is 47.2 Å². The number of carbonyl (C=O) groups excluding carboxylic acids is 1. The molecule has 0 aliphatic rings. The molecule has 4 heteroatoms. The number of hydrogen-bond donors (Lipinski definition) is 1. The van der Waals surface area contributed by atoms with E-state index in [-0.39, 0.29) is 5.91 Å². The van der Waals surface area contributed by atoms with Crippen molar-refractivity contribution in [3.05, 3.63) is 82.7 Å². The van der Waals surface area contributed by atoms with Gasteiger partial charge in [0, 0.05) is 0 Å². The molecule has 2 aromatic carbocycles. The van der Waals surface area contributed by atoms with Gasteiger partial charge in [-0.25, -0.2) is 0 Å². The third-order valence-electron chi connectivity index (χ3n) is 3.53. The lowest BCUT2D eigenvalue weighted by Crippen LogP contribution is -2.13. The summed E-state index contributed by atoms with van der Waals surface area (Å²) in [5, 5.41) is 5.83. The van der Waals surface area contributed by atoms with Crippen LogP contribution in [0.1, 0.15) is 16.7 Å². The summed E-state index contributed by atoms with van der Waals surface area (Å²) in [5.74, 6) is 0.798. The zero-order chi connectivity index (χ0) is 16.8. The third-order valence-corrected chi connectivity index (χ3v) is 4.49. The minimum Gasteiger partial charge on any atom is -0.489 e. The van der Waals surface area contributed by atoms with E-state index in [2.05, 4.69) is 5.32 Å². The number of carbonyl (C=O) groups is 1. The molecular formula is C20H19NO2S. The molecule has 1 heterocycles. The summed E-state index contributed by atoms with van der Waals surface area (Å²) in [6.07, 6.45) is 0.357. The monoisotopic (exact) mass is 337 g/mol. The third kappa shape index (κ3) is 4.70. The van der Waals surface area contributed by atoms with Crippen LogP contribution in [0.25, 0.3) is 0 Å². The molecule has 0 aliphatic heterocycles. The van der Waals surface area contributed by atoms with Gasteiger partial charge in [0.05, 0.1) is 11.4 Å². The zero-order valence-electron chi connectivity index (χ0n) is 13.5. The molecule has 3 aromatic rings. The van der Waals surface area contributed by atoms with Gasteiger partial charge in [-0.1, -0.05) is 42.5 Å². The summed E-state index contributed by atoms with van der Waals surface area (Å²) in [4.78, 5) is 12.1. The standard InChI is InChI=1S/C20H19NO2S/c1-15-11-20(24-14-15)21-19(22)12-16-7-9-18(10-8-16)23-13-17-5-3-2-4-6-17/h2-11,14H,12-13H2,1H3,(H,21,22). The molecule has 1 amide bonds. The number of benzene rings is 2. The lowest BCUT2D eigenvalue weighted by atomic mass is 10.1. The van der Waals surface area contributed by atoms with E-state index in [1.807, 2.05) is 73.0 Å². The molecule has 1 N–H and O–H groups in total. The molecule has 0 saturated carbocycles. The number of hydrogen-bond acceptors (Lipinski definition) is 3. The van der Waals surface area contributed by atoms with Crippen molar-refractivity contribution in [3.63, 3.8) is 0 Å². The molecule has 0 unspecified atom stereocenters. The van der Waals surface area contributed by atoms with Crippen LogP contribution in [0.3, 0.4) is 0 Å². The van der Waals surface area contributed by atoms with Crippen molar-refractivity contribution >= 4 is 22.2 Å². The number of thiophene rings is 1. The highest BCUT2D eigenvalue weighted by atomic mass is 32.1. The average molecular weight is 337 g/mol. The SMILES string of the molecule is Cc1csc(NC(=O)Cc2ccc(OCc3ccccc3)cc2)c1. The van der Waals surface area contributed by atoms with Crippen molar-refractivity contribution in [1.82, 2.24) is 0 Å². The predicted octanol–water partition coefficient (Wildman–Crippen LogP) is 4.82. The first-order valence-corrected chi connectivity index (χ1v) is 8.68. The van der Waals surface area contributed by atoms with E-state index in [0.717, 1.165) is 27.4 Å². The van der Waals surface area contributed by atoms with Crippen molar-refractivity contribution in [2.45, 2.75) is 20.0 Å². The first kappa shape index (κ1) is 16.3. The Kier molecular flexibility index (Phi) is 5.29. The van der Waals surface area contributed by atoms with Gasteiger partial charge in [-0.2, -0.15) is 0 Å². The van der Waals surface area contributed by atoms with E-state index in [9.17, 15) is 4.79 Å². The maximum atomic E-state index is 12.1. The van der Waals surface area contributed by atoms with Crippen molar-refractivity contribution in [3.8, 4) is 5.75 Å². The van der Waals surface area contributed by atoms with Gasteiger partial charge in [0.1, 0.15) is 12.4 Å². The summed E-state index contributed by atoms with van der Waals surface area (Å²) in [7, 11) is 0. The summed E-state index contributed by atoms with van der Waals surface area (Å²) < 4.78 is 5.75. The molecule has 0 atom stereocenters. The highest BCUT2D eigenvalue weighted by Crippen LogP contribution is 2.20. The average Bonchev–Trinajstić information content (AvgIpc) is 3.00. The molecule has 0 aliphatic carbocycles. The van der Waals surface area contributed by atoms with Crippen molar-refractivity contribution in [1.29, 1.82) is 0 Å². The number of ether oxygens (including phenoxy) is 1. The molecule has 0 saturated heterocycles. The summed E-state index contributed by atoms with van der Waals surface area (Å²) in [6, 6.07) is 19.7. The largest absolute Gasteiger partial charge is 0.489 e. The quantitative estimate of drug-likeness (QED) is 0.700. The first-order chi connectivity index (χ1) is 11.7. The molecule has 1 aromatic heterocycles. The van der Waals surface area contributed by atoms with Crippen LogP contribution in [0.15, 0.2) is 66.0 Å². The van der Waals surface area contributed by atoms with Crippen LogP contribution in [0, 0.1) is 6.92 Å². The van der Waals surface area contributed by atoms with Gasteiger partial charge in [-0.15, -0.1) is 11.3 Å². The first-order valence-electron chi connectivity index (χ1n) is 7.80. The summed E-state index contributed by atoms with van der Waals surface area (Å²) in [6.45, 7) is 2.55. The van der Waals surface area contributed by atoms with Gasteiger partial charge in [0.2, 0.25) is 5.91 Å². The van der Waals surface area contributed by atoms with Gasteiger partial charge in [-0.3, -0.25) is 4.79 Å². The van der Waals surface area contributed by atoms with Crippen LogP contribution in [-0.4, -0.2) is 5.91 Å². The van der Waals surface area contributed by atoms with Crippen molar-refractivity contribution in [2.24, 2.45) is 0 Å². The highest BCUT2D eigenvalue weighted by Gasteiger charge is 2.06. The molecule has 0 bridgehead atoms. The summed E-state index contributed by atoms with van der Waals surface area (Å²) >= 11 is 1.54. The molecule has 0 fully saturated rings. The normalized spacial score (nSPS) is 10.4. The Morgan fingerprint density at radius 3 is 2.46 bits per heavy atom. The Hall–Kier alpha value is -2.59. The number of rotatable bonds is 6. The minimum absolute atomic E-state index is 0.00481. The van der Waals surface area contributed by atoms with E-state index >= 15 is 0 Å². The topological polar surface area (TPSA) is 38.3 Å². The van der Waals surface area contributed by atoms with Crippen LogP contribution in [0.4, 0.5) is 5.00 Å². The fraction of sp³-hybridized carbons (Fsp3) is 0.150. The van der Waals surface area contributed by atoms with E-state index < -0.39 is 0 Å². The second kappa shape index (κ2) is 7.79. The van der Waals surface area contributed by atoms with Gasteiger partial charge in [0.15, 0.2) is 0 Å². The van der Waals surface area contributed by atoms with Gasteiger partial charge >= 0.3 is 0 Å². The van der Waals surface area contributed by atoms with Crippen molar-refractivity contribution in [2.75, 3.05) is 5.32 Å². The van der Waals surface area contributed by atoms with Crippen LogP contribution in [-0.2, 0) is 17.8 Å². The second-order valence-corrected chi connectivity index (χ2v) is 6.54. The van der Waals surface area contributed by atoms with Crippen LogP contribution in [0.5, 0.6) is 5.75 Å². The number of nitrogens with one attached hydrogen (secondary N) is 1. The van der Waals surface area contributed by atoms with Gasteiger partial charge < -0.3 is 10.1 Å². The fourth-order valence-electron chi connectivity index (χ4n) is 2.31. The van der Waals surface area contributed by atoms with Crippen molar-refractivity contribution < 1.29 is 9.53 Å². The second-order valence-electron chi connectivity index (χ2n) is 5.63. The molecule has 24 heavy (non-hydrogen) atoms. The molecular weight excluding hydrogens is 318 g/mol.